The van der Waals surface area contributed by atoms with Crippen LogP contribution < -0.4 is 0 Å². The second-order valence-corrected chi connectivity index (χ2v) is 5.17. The third-order valence-corrected chi connectivity index (χ3v) is 3.77. The summed E-state index contributed by atoms with van der Waals surface area (Å²) in [5.41, 5.74) is 3.77. The SMILES string of the molecule is Cc1ccccc1CC(=O)Cc1c(Cl)c(C)nn1C. The molecule has 0 saturated carbocycles. The molecule has 1 heterocycles. The van der Waals surface area contributed by atoms with Crippen molar-refractivity contribution in [2.45, 2.75) is 26.7 Å². The van der Waals surface area contributed by atoms with Crippen molar-refractivity contribution in [2.24, 2.45) is 7.05 Å². The highest BCUT2D eigenvalue weighted by atomic mass is 35.5. The standard InChI is InChI=1S/C15H17ClN2O/c1-10-6-4-5-7-12(10)8-13(19)9-14-15(16)11(2)17-18(14)3/h4-7H,8-9H2,1-3H3. The van der Waals surface area contributed by atoms with Crippen LogP contribution in [-0.2, 0) is 24.7 Å². The van der Waals surface area contributed by atoms with Gasteiger partial charge < -0.3 is 0 Å². The Bertz CT molecular complexity index is 617. The minimum atomic E-state index is 0.152. The van der Waals surface area contributed by atoms with Gasteiger partial charge in [0.25, 0.3) is 0 Å². The van der Waals surface area contributed by atoms with E-state index in [2.05, 4.69) is 5.10 Å². The minimum absolute atomic E-state index is 0.152. The molecular weight excluding hydrogens is 260 g/mol. The largest absolute Gasteiger partial charge is 0.299 e. The number of benzene rings is 1. The molecule has 0 fully saturated rings. The van der Waals surface area contributed by atoms with Gasteiger partial charge in [-0.05, 0) is 25.0 Å². The normalized spacial score (nSPS) is 10.7. The average Bonchev–Trinajstić information content (AvgIpc) is 2.59. The maximum absolute atomic E-state index is 12.1. The van der Waals surface area contributed by atoms with Gasteiger partial charge in [-0.25, -0.2) is 0 Å². The second-order valence-electron chi connectivity index (χ2n) is 4.79. The van der Waals surface area contributed by atoms with Crippen LogP contribution in [0, 0.1) is 13.8 Å². The van der Waals surface area contributed by atoms with Crippen LogP contribution in [0.1, 0.15) is 22.5 Å². The van der Waals surface area contributed by atoms with Crippen molar-refractivity contribution in [3.63, 3.8) is 0 Å². The summed E-state index contributed by atoms with van der Waals surface area (Å²) in [4.78, 5) is 12.1. The number of nitrogens with zero attached hydrogens (tertiary/aromatic N) is 2. The fraction of sp³-hybridized carbons (Fsp3) is 0.333. The predicted octanol–water partition coefficient (Wildman–Crippen LogP) is 3.04. The molecule has 2 rings (SSSR count). The molecule has 0 aliphatic rings. The van der Waals surface area contributed by atoms with E-state index in [0.717, 1.165) is 22.5 Å². The minimum Gasteiger partial charge on any atom is -0.299 e. The van der Waals surface area contributed by atoms with Gasteiger partial charge in [0.2, 0.25) is 0 Å². The Balaban J connectivity index is 2.12. The zero-order valence-corrected chi connectivity index (χ0v) is 12.2. The Labute approximate surface area is 118 Å². The van der Waals surface area contributed by atoms with Gasteiger partial charge in [0.1, 0.15) is 5.78 Å². The number of hydrogen-bond acceptors (Lipinski definition) is 2. The molecule has 0 atom stereocenters. The zero-order valence-electron chi connectivity index (χ0n) is 11.4. The molecule has 4 heteroatoms. The van der Waals surface area contributed by atoms with E-state index in [9.17, 15) is 4.79 Å². The number of Topliss-reactive ketones (excluding diaryl/α,β-unsaturated/α-hetero) is 1. The van der Waals surface area contributed by atoms with Crippen LogP contribution in [0.15, 0.2) is 24.3 Å². The predicted molar refractivity (Wildman–Crippen MR) is 76.5 cm³/mol. The van der Waals surface area contributed by atoms with Gasteiger partial charge >= 0.3 is 0 Å². The smallest absolute Gasteiger partial charge is 0.143 e. The number of rotatable bonds is 4. The molecule has 0 N–H and O–H groups in total. The number of aryl methyl sites for hydroxylation is 3. The zero-order chi connectivity index (χ0) is 14.0. The Morgan fingerprint density at radius 3 is 2.53 bits per heavy atom. The summed E-state index contributed by atoms with van der Waals surface area (Å²) in [5, 5.41) is 4.82. The number of carbonyl (C=O) groups excluding carboxylic acids is 1. The van der Waals surface area contributed by atoms with Crippen molar-refractivity contribution < 1.29 is 4.79 Å². The molecule has 100 valence electrons. The van der Waals surface area contributed by atoms with Gasteiger partial charge in [0.05, 0.1) is 22.8 Å². The lowest BCUT2D eigenvalue weighted by molar-refractivity contribution is -0.117. The molecule has 0 amide bonds. The van der Waals surface area contributed by atoms with Gasteiger partial charge in [-0.3, -0.25) is 9.48 Å². The van der Waals surface area contributed by atoms with E-state index in [-0.39, 0.29) is 5.78 Å². The van der Waals surface area contributed by atoms with Crippen molar-refractivity contribution in [3.05, 3.63) is 51.8 Å². The fourth-order valence-corrected chi connectivity index (χ4v) is 2.37. The molecule has 2 aromatic rings. The van der Waals surface area contributed by atoms with Crippen LogP contribution in [0.25, 0.3) is 0 Å². The van der Waals surface area contributed by atoms with Crippen LogP contribution in [0.5, 0.6) is 0 Å². The molecule has 0 radical (unpaired) electrons. The molecule has 0 unspecified atom stereocenters. The van der Waals surface area contributed by atoms with Gasteiger partial charge in [-0.2, -0.15) is 5.10 Å². The van der Waals surface area contributed by atoms with Crippen molar-refractivity contribution in [2.75, 3.05) is 0 Å². The van der Waals surface area contributed by atoms with E-state index in [4.69, 9.17) is 11.6 Å². The molecule has 0 aliphatic carbocycles. The molecule has 3 nitrogen and oxygen atoms in total. The van der Waals surface area contributed by atoms with E-state index in [1.807, 2.05) is 45.2 Å². The van der Waals surface area contributed by atoms with Gasteiger partial charge in [0.15, 0.2) is 0 Å². The maximum Gasteiger partial charge on any atom is 0.143 e. The van der Waals surface area contributed by atoms with E-state index in [1.54, 1.807) is 4.68 Å². The quantitative estimate of drug-likeness (QED) is 0.860. The molecule has 0 aliphatic heterocycles. The van der Waals surface area contributed by atoms with Gasteiger partial charge in [0, 0.05) is 13.5 Å². The molecular formula is C15H17ClN2O. The summed E-state index contributed by atoms with van der Waals surface area (Å²) in [5.74, 6) is 0.152. The molecule has 0 saturated heterocycles. The van der Waals surface area contributed by atoms with Crippen LogP contribution >= 0.6 is 11.6 Å². The first-order chi connectivity index (χ1) is 8.99. The maximum atomic E-state index is 12.1. The lowest BCUT2D eigenvalue weighted by atomic mass is 10.0. The molecule has 1 aromatic heterocycles. The van der Waals surface area contributed by atoms with E-state index < -0.39 is 0 Å². The number of aromatic nitrogens is 2. The monoisotopic (exact) mass is 276 g/mol. The Morgan fingerprint density at radius 1 is 1.26 bits per heavy atom. The highest BCUT2D eigenvalue weighted by Gasteiger charge is 2.15. The lowest BCUT2D eigenvalue weighted by Crippen LogP contribution is -2.11. The number of carbonyl (C=O) groups is 1. The van der Waals surface area contributed by atoms with Crippen molar-refractivity contribution in [3.8, 4) is 0 Å². The summed E-state index contributed by atoms with van der Waals surface area (Å²) in [6, 6.07) is 7.94. The summed E-state index contributed by atoms with van der Waals surface area (Å²) >= 11 is 6.16. The van der Waals surface area contributed by atoms with Crippen molar-refractivity contribution >= 4 is 17.4 Å². The molecule has 1 aromatic carbocycles. The topological polar surface area (TPSA) is 34.9 Å². The number of hydrogen-bond donors (Lipinski definition) is 0. The van der Waals surface area contributed by atoms with Crippen molar-refractivity contribution in [1.29, 1.82) is 0 Å². The van der Waals surface area contributed by atoms with Crippen LogP contribution in [-0.4, -0.2) is 15.6 Å². The molecule has 0 spiro atoms. The summed E-state index contributed by atoms with van der Waals surface area (Å²) < 4.78 is 1.69. The van der Waals surface area contributed by atoms with Crippen LogP contribution in [0.3, 0.4) is 0 Å². The third-order valence-electron chi connectivity index (χ3n) is 3.28. The summed E-state index contributed by atoms with van der Waals surface area (Å²) in [7, 11) is 1.81. The lowest BCUT2D eigenvalue weighted by Gasteiger charge is -2.05. The highest BCUT2D eigenvalue weighted by molar-refractivity contribution is 6.32. The molecule has 0 bridgehead atoms. The van der Waals surface area contributed by atoms with Gasteiger partial charge in [-0.1, -0.05) is 35.9 Å². The Kier molecular flexibility index (Phi) is 4.05. The number of ketones is 1. The van der Waals surface area contributed by atoms with E-state index in [0.29, 0.717) is 17.9 Å². The second kappa shape index (κ2) is 5.57. The summed E-state index contributed by atoms with van der Waals surface area (Å²) in [6.07, 6.45) is 0.762. The first kappa shape index (κ1) is 13.8. The third kappa shape index (κ3) is 3.04. The van der Waals surface area contributed by atoms with E-state index >= 15 is 0 Å². The first-order valence-electron chi connectivity index (χ1n) is 6.23. The van der Waals surface area contributed by atoms with Crippen molar-refractivity contribution in [1.82, 2.24) is 9.78 Å². The Morgan fingerprint density at radius 2 is 1.95 bits per heavy atom. The van der Waals surface area contributed by atoms with E-state index in [1.165, 1.54) is 0 Å². The first-order valence-corrected chi connectivity index (χ1v) is 6.61. The van der Waals surface area contributed by atoms with Gasteiger partial charge in [-0.15, -0.1) is 0 Å². The fourth-order valence-electron chi connectivity index (χ4n) is 2.14. The summed E-state index contributed by atoms with van der Waals surface area (Å²) in [6.45, 7) is 3.86. The highest BCUT2D eigenvalue weighted by Crippen LogP contribution is 2.20. The molecule has 19 heavy (non-hydrogen) atoms. The number of halogens is 1. The van der Waals surface area contributed by atoms with Crippen LogP contribution in [0.2, 0.25) is 5.02 Å². The average molecular weight is 277 g/mol. The van der Waals surface area contributed by atoms with Crippen LogP contribution in [0.4, 0.5) is 0 Å². The Hall–Kier alpha value is -1.61.